The maximum absolute atomic E-state index is 12.7. The molecule has 2 amide bonds. The number of fused-ring (bicyclic) bond motifs is 1. The van der Waals surface area contributed by atoms with Gasteiger partial charge in [-0.2, -0.15) is 4.99 Å². The molecule has 1 fully saturated rings. The van der Waals surface area contributed by atoms with Crippen LogP contribution in [0.3, 0.4) is 0 Å². The van der Waals surface area contributed by atoms with Crippen molar-refractivity contribution in [2.75, 3.05) is 38.2 Å². The first-order valence-electron chi connectivity index (χ1n) is 10.3. The molecule has 1 aromatic rings. The number of carbonyl (C=O) groups is 3. The van der Waals surface area contributed by atoms with E-state index in [0.29, 0.717) is 42.0 Å². The molecule has 30 heavy (non-hydrogen) atoms. The van der Waals surface area contributed by atoms with Crippen LogP contribution in [0.4, 0.5) is 5.00 Å². The second-order valence-corrected chi connectivity index (χ2v) is 9.60. The highest BCUT2D eigenvalue weighted by molar-refractivity contribution is 8.15. The van der Waals surface area contributed by atoms with E-state index in [1.807, 2.05) is 4.90 Å². The van der Waals surface area contributed by atoms with Crippen LogP contribution in [0, 0.1) is 0 Å². The summed E-state index contributed by atoms with van der Waals surface area (Å²) in [5, 5.41) is 3.54. The summed E-state index contributed by atoms with van der Waals surface area (Å²) in [6.07, 6.45) is 3.86. The van der Waals surface area contributed by atoms with E-state index in [1.54, 1.807) is 6.92 Å². The molecule has 1 unspecified atom stereocenters. The van der Waals surface area contributed by atoms with E-state index in [2.05, 4.69) is 10.3 Å². The number of amidine groups is 1. The van der Waals surface area contributed by atoms with Crippen LogP contribution in [-0.4, -0.2) is 66.0 Å². The number of thiophene rings is 1. The molecule has 0 spiro atoms. The minimum atomic E-state index is -0.538. The van der Waals surface area contributed by atoms with E-state index in [-0.39, 0.29) is 24.8 Å². The van der Waals surface area contributed by atoms with E-state index in [9.17, 15) is 14.4 Å². The molecule has 0 saturated carbocycles. The van der Waals surface area contributed by atoms with Crippen LogP contribution in [0.15, 0.2) is 4.99 Å². The number of morpholine rings is 1. The lowest BCUT2D eigenvalue weighted by Crippen LogP contribution is -2.39. The van der Waals surface area contributed by atoms with Crippen molar-refractivity contribution < 1.29 is 23.9 Å². The average Bonchev–Trinajstić information content (AvgIpc) is 3.28. The molecule has 4 rings (SSSR count). The Morgan fingerprint density at radius 3 is 2.80 bits per heavy atom. The lowest BCUT2D eigenvalue weighted by atomic mass is 9.95. The summed E-state index contributed by atoms with van der Waals surface area (Å²) in [7, 11) is 0. The first-order valence-corrected chi connectivity index (χ1v) is 12.0. The molecular weight excluding hydrogens is 426 g/mol. The van der Waals surface area contributed by atoms with Crippen LogP contribution in [0.25, 0.3) is 0 Å². The molecule has 3 heterocycles. The van der Waals surface area contributed by atoms with Crippen molar-refractivity contribution in [3.63, 3.8) is 0 Å². The van der Waals surface area contributed by atoms with Crippen molar-refractivity contribution in [1.82, 2.24) is 4.90 Å². The summed E-state index contributed by atoms with van der Waals surface area (Å²) in [5.41, 5.74) is 1.49. The largest absolute Gasteiger partial charge is 0.462 e. The van der Waals surface area contributed by atoms with Crippen LogP contribution in [-0.2, 0) is 31.9 Å². The summed E-state index contributed by atoms with van der Waals surface area (Å²) < 4.78 is 10.6. The van der Waals surface area contributed by atoms with Gasteiger partial charge >= 0.3 is 5.97 Å². The Labute approximate surface area is 183 Å². The number of thioether (sulfide) groups is 1. The number of anilines is 1. The second kappa shape index (κ2) is 9.49. The van der Waals surface area contributed by atoms with Gasteiger partial charge < -0.3 is 19.7 Å². The molecule has 8 nitrogen and oxygen atoms in total. The molecule has 1 aromatic heterocycles. The highest BCUT2D eigenvalue weighted by Gasteiger charge is 2.34. The third-order valence-electron chi connectivity index (χ3n) is 5.29. The molecule has 0 radical (unpaired) electrons. The maximum Gasteiger partial charge on any atom is 0.341 e. The number of hydrogen-bond donors (Lipinski definition) is 1. The topological polar surface area (TPSA) is 97.3 Å². The van der Waals surface area contributed by atoms with Crippen molar-refractivity contribution in [3.8, 4) is 0 Å². The summed E-state index contributed by atoms with van der Waals surface area (Å²) in [5.74, 6) is -0.965. The summed E-state index contributed by atoms with van der Waals surface area (Å²) in [6.45, 7) is 4.66. The van der Waals surface area contributed by atoms with Crippen LogP contribution in [0.5, 0.6) is 0 Å². The van der Waals surface area contributed by atoms with Gasteiger partial charge in [0.1, 0.15) is 10.3 Å². The van der Waals surface area contributed by atoms with E-state index >= 15 is 0 Å². The minimum absolute atomic E-state index is 0.0195. The molecule has 2 aliphatic heterocycles. The number of esters is 1. The average molecular weight is 452 g/mol. The molecule has 162 valence electrons. The zero-order valence-electron chi connectivity index (χ0n) is 16.9. The Morgan fingerprint density at radius 2 is 2.03 bits per heavy atom. The molecule has 1 N–H and O–H groups in total. The number of nitrogens with one attached hydrogen (secondary N) is 1. The van der Waals surface area contributed by atoms with Crippen molar-refractivity contribution >= 4 is 51.1 Å². The third-order valence-corrected chi connectivity index (χ3v) is 7.71. The fourth-order valence-electron chi connectivity index (χ4n) is 3.82. The van der Waals surface area contributed by atoms with Gasteiger partial charge in [0, 0.05) is 24.4 Å². The summed E-state index contributed by atoms with van der Waals surface area (Å²) in [4.78, 5) is 44.9. The zero-order valence-corrected chi connectivity index (χ0v) is 18.5. The number of rotatable bonds is 5. The van der Waals surface area contributed by atoms with Gasteiger partial charge in [0.05, 0.1) is 25.4 Å². The number of carbonyl (C=O) groups excluding carboxylic acids is 3. The van der Waals surface area contributed by atoms with E-state index in [4.69, 9.17) is 9.47 Å². The van der Waals surface area contributed by atoms with Crippen molar-refractivity contribution in [3.05, 3.63) is 16.0 Å². The maximum atomic E-state index is 12.7. The van der Waals surface area contributed by atoms with Gasteiger partial charge in [0.25, 0.3) is 5.91 Å². The summed E-state index contributed by atoms with van der Waals surface area (Å²) >= 11 is 2.78. The molecule has 1 atom stereocenters. The van der Waals surface area contributed by atoms with E-state index in [0.717, 1.165) is 36.1 Å². The van der Waals surface area contributed by atoms with E-state index < -0.39 is 11.2 Å². The van der Waals surface area contributed by atoms with Gasteiger partial charge in [-0.1, -0.05) is 11.8 Å². The van der Waals surface area contributed by atoms with Gasteiger partial charge in [-0.05, 0) is 38.2 Å². The SMILES string of the molecule is CCOC(=O)c1c(NC(=O)CC2SC(N3CCOCC3)=NC2=O)sc2c1CCCC2. The monoisotopic (exact) mass is 451 g/mol. The third kappa shape index (κ3) is 4.55. The molecule has 0 bridgehead atoms. The van der Waals surface area contributed by atoms with Crippen LogP contribution < -0.4 is 5.32 Å². The highest BCUT2D eigenvalue weighted by Crippen LogP contribution is 2.39. The zero-order chi connectivity index (χ0) is 21.1. The lowest BCUT2D eigenvalue weighted by molar-refractivity contribution is -0.121. The Bertz CT molecular complexity index is 876. The van der Waals surface area contributed by atoms with Crippen LogP contribution >= 0.6 is 23.1 Å². The molecule has 1 aliphatic carbocycles. The molecule has 0 aromatic carbocycles. The number of aliphatic imine (C=N–C) groups is 1. The number of amides is 2. The van der Waals surface area contributed by atoms with Crippen LogP contribution in [0.2, 0.25) is 0 Å². The fourth-order valence-corrected chi connectivity index (χ4v) is 6.23. The Hall–Kier alpha value is -1.91. The summed E-state index contributed by atoms with van der Waals surface area (Å²) in [6, 6.07) is 0. The number of hydrogen-bond acceptors (Lipinski definition) is 8. The fraction of sp³-hybridized carbons (Fsp3) is 0.600. The van der Waals surface area contributed by atoms with Crippen molar-refractivity contribution in [1.29, 1.82) is 0 Å². The van der Waals surface area contributed by atoms with Gasteiger partial charge in [-0.3, -0.25) is 9.59 Å². The standard InChI is InChI=1S/C20H25N3O5S2/c1-2-28-19(26)16-12-5-3-4-6-13(12)29-18(16)21-15(24)11-14-17(25)22-20(30-14)23-7-9-27-10-8-23/h14H,2-11H2,1H3,(H,21,24). The highest BCUT2D eigenvalue weighted by atomic mass is 32.2. The van der Waals surface area contributed by atoms with Gasteiger partial charge in [0.2, 0.25) is 5.91 Å². The van der Waals surface area contributed by atoms with E-state index in [1.165, 1.54) is 23.1 Å². The quantitative estimate of drug-likeness (QED) is 0.687. The first-order chi connectivity index (χ1) is 14.6. The van der Waals surface area contributed by atoms with Crippen molar-refractivity contribution in [2.45, 2.75) is 44.3 Å². The van der Waals surface area contributed by atoms with Gasteiger partial charge in [-0.15, -0.1) is 11.3 Å². The minimum Gasteiger partial charge on any atom is -0.462 e. The van der Waals surface area contributed by atoms with Crippen LogP contribution in [0.1, 0.15) is 47.0 Å². The smallest absolute Gasteiger partial charge is 0.341 e. The number of nitrogens with zero attached hydrogens (tertiary/aromatic N) is 2. The normalized spacial score (nSPS) is 21.2. The molecule has 3 aliphatic rings. The predicted molar refractivity (Wildman–Crippen MR) is 116 cm³/mol. The number of ether oxygens (including phenoxy) is 2. The first kappa shape index (κ1) is 21.3. The Kier molecular flexibility index (Phi) is 6.74. The number of aryl methyl sites for hydroxylation is 1. The predicted octanol–water partition coefficient (Wildman–Crippen LogP) is 2.46. The van der Waals surface area contributed by atoms with Crippen molar-refractivity contribution in [2.24, 2.45) is 4.99 Å². The van der Waals surface area contributed by atoms with Gasteiger partial charge in [0.15, 0.2) is 5.17 Å². The van der Waals surface area contributed by atoms with Gasteiger partial charge in [-0.25, -0.2) is 4.79 Å². The molecule has 10 heteroatoms. The second-order valence-electron chi connectivity index (χ2n) is 7.33. The molecule has 1 saturated heterocycles. The Balaban J connectivity index is 1.42. The Morgan fingerprint density at radius 1 is 1.27 bits per heavy atom. The molecular formula is C20H25N3O5S2. The lowest BCUT2D eigenvalue weighted by Gasteiger charge is -2.27.